The summed E-state index contributed by atoms with van der Waals surface area (Å²) in [7, 11) is -3.63. The first-order valence-corrected chi connectivity index (χ1v) is 10.8. The molecule has 0 saturated heterocycles. The second kappa shape index (κ2) is 7.46. The first kappa shape index (κ1) is 18.2. The molecule has 0 aliphatic heterocycles. The molecule has 0 fully saturated rings. The van der Waals surface area contributed by atoms with E-state index in [1.165, 1.54) is 23.5 Å². The fourth-order valence-corrected chi connectivity index (χ4v) is 4.73. The minimum absolute atomic E-state index is 0.141. The van der Waals surface area contributed by atoms with E-state index in [0.29, 0.717) is 16.3 Å². The average molecular weight is 409 g/mol. The van der Waals surface area contributed by atoms with Gasteiger partial charge in [-0.2, -0.15) is 0 Å². The van der Waals surface area contributed by atoms with Crippen LogP contribution in [0.15, 0.2) is 88.1 Å². The highest BCUT2D eigenvalue weighted by molar-refractivity contribution is 7.93. The van der Waals surface area contributed by atoms with Crippen molar-refractivity contribution in [1.82, 2.24) is 0 Å². The van der Waals surface area contributed by atoms with Crippen LogP contribution in [0.3, 0.4) is 0 Å². The Kier molecular flexibility index (Phi) is 4.85. The molecule has 7 heteroatoms. The highest BCUT2D eigenvalue weighted by Gasteiger charge is 2.14. The Morgan fingerprint density at radius 2 is 1.71 bits per heavy atom. The zero-order chi connectivity index (χ0) is 19.6. The van der Waals surface area contributed by atoms with Crippen LogP contribution in [0.1, 0.15) is 5.56 Å². The van der Waals surface area contributed by atoms with Gasteiger partial charge in [0.25, 0.3) is 10.0 Å². The number of sulfonamides is 1. The number of phenolic OH excluding ortho intramolecular Hbond substituents is 1. The zero-order valence-corrected chi connectivity index (χ0v) is 16.2. The molecule has 4 rings (SSSR count). The summed E-state index contributed by atoms with van der Waals surface area (Å²) in [5.74, 6) is 0.141. The van der Waals surface area contributed by atoms with Gasteiger partial charge in [-0.3, -0.25) is 9.71 Å². The van der Waals surface area contributed by atoms with Gasteiger partial charge in [-0.05, 0) is 58.6 Å². The maximum atomic E-state index is 12.4. The van der Waals surface area contributed by atoms with Crippen LogP contribution >= 0.6 is 11.3 Å². The van der Waals surface area contributed by atoms with Crippen LogP contribution in [0.5, 0.6) is 5.75 Å². The van der Waals surface area contributed by atoms with Crippen LogP contribution in [-0.2, 0) is 10.0 Å². The number of anilines is 1. The van der Waals surface area contributed by atoms with Crippen molar-refractivity contribution in [2.75, 3.05) is 4.72 Å². The van der Waals surface area contributed by atoms with Crippen molar-refractivity contribution in [3.8, 4) is 5.75 Å². The van der Waals surface area contributed by atoms with Gasteiger partial charge < -0.3 is 5.11 Å². The van der Waals surface area contributed by atoms with Crippen molar-refractivity contribution in [1.29, 1.82) is 0 Å². The van der Waals surface area contributed by atoms with Gasteiger partial charge in [0.05, 0.1) is 10.6 Å². The number of hydrogen-bond donors (Lipinski definition) is 2. The van der Waals surface area contributed by atoms with Gasteiger partial charge in [-0.25, -0.2) is 8.42 Å². The van der Waals surface area contributed by atoms with Crippen LogP contribution in [0.25, 0.3) is 10.8 Å². The average Bonchev–Trinajstić information content (AvgIpc) is 3.20. The molecule has 0 aliphatic rings. The summed E-state index contributed by atoms with van der Waals surface area (Å²) in [6, 6.07) is 21.0. The van der Waals surface area contributed by atoms with E-state index in [-0.39, 0.29) is 10.6 Å². The third kappa shape index (κ3) is 3.76. The Hall–Kier alpha value is -3.16. The third-order valence-electron chi connectivity index (χ3n) is 4.19. The number of phenols is 1. The monoisotopic (exact) mass is 408 g/mol. The number of aliphatic imine (C=N–C) groups is 1. The number of aromatic hydroxyl groups is 1. The molecule has 28 heavy (non-hydrogen) atoms. The molecule has 0 atom stereocenters. The van der Waals surface area contributed by atoms with Crippen LogP contribution in [0.2, 0.25) is 0 Å². The quantitative estimate of drug-likeness (QED) is 0.448. The number of hydrogen-bond acceptors (Lipinski definition) is 5. The van der Waals surface area contributed by atoms with Crippen LogP contribution in [0, 0.1) is 0 Å². The molecule has 1 aromatic heterocycles. The highest BCUT2D eigenvalue weighted by atomic mass is 32.2. The number of rotatable bonds is 5. The molecular formula is C21H16N2O3S2. The smallest absolute Gasteiger partial charge is 0.262 e. The number of thiophene rings is 1. The van der Waals surface area contributed by atoms with Crippen molar-refractivity contribution in [2.24, 2.45) is 4.99 Å². The van der Waals surface area contributed by atoms with E-state index >= 15 is 0 Å². The van der Waals surface area contributed by atoms with E-state index in [2.05, 4.69) is 9.71 Å². The number of fused-ring (bicyclic) bond motifs is 1. The van der Waals surface area contributed by atoms with Gasteiger partial charge in [-0.1, -0.05) is 30.3 Å². The molecule has 3 aromatic carbocycles. The second-order valence-corrected chi connectivity index (χ2v) is 8.68. The summed E-state index contributed by atoms with van der Waals surface area (Å²) in [4.78, 5) is 4.55. The Balaban J connectivity index is 1.60. The Bertz CT molecular complexity index is 1250. The molecule has 4 aromatic rings. The molecule has 5 nitrogen and oxygen atoms in total. The second-order valence-electron chi connectivity index (χ2n) is 6.05. The third-order valence-corrected chi connectivity index (χ3v) is 6.49. The minimum Gasteiger partial charge on any atom is -0.507 e. The lowest BCUT2D eigenvalue weighted by atomic mass is 10.0. The Morgan fingerprint density at radius 1 is 0.929 bits per heavy atom. The first-order chi connectivity index (χ1) is 13.5. The van der Waals surface area contributed by atoms with E-state index in [1.807, 2.05) is 30.3 Å². The van der Waals surface area contributed by atoms with Gasteiger partial charge in [0.2, 0.25) is 0 Å². The predicted molar refractivity (Wildman–Crippen MR) is 114 cm³/mol. The summed E-state index contributed by atoms with van der Waals surface area (Å²) in [5, 5.41) is 14.4. The van der Waals surface area contributed by atoms with Gasteiger partial charge in [0, 0.05) is 11.8 Å². The SMILES string of the molecule is O=S(=O)(Nc1cccs1)c1ccc(/N=C/c2c(O)ccc3ccccc23)cc1. The lowest BCUT2D eigenvalue weighted by molar-refractivity contribution is 0.475. The maximum Gasteiger partial charge on any atom is 0.262 e. The van der Waals surface area contributed by atoms with Crippen LogP contribution < -0.4 is 4.72 Å². The fourth-order valence-electron chi connectivity index (χ4n) is 2.80. The minimum atomic E-state index is -3.63. The van der Waals surface area contributed by atoms with E-state index < -0.39 is 10.0 Å². The van der Waals surface area contributed by atoms with Crippen molar-refractivity contribution in [2.45, 2.75) is 4.90 Å². The fraction of sp³-hybridized carbons (Fsp3) is 0. The van der Waals surface area contributed by atoms with Crippen molar-refractivity contribution in [3.05, 3.63) is 83.7 Å². The van der Waals surface area contributed by atoms with Gasteiger partial charge in [-0.15, -0.1) is 11.3 Å². The molecule has 0 amide bonds. The van der Waals surface area contributed by atoms with E-state index in [0.717, 1.165) is 10.8 Å². The summed E-state index contributed by atoms with van der Waals surface area (Å²) in [5.41, 5.74) is 1.21. The van der Waals surface area contributed by atoms with Crippen molar-refractivity contribution >= 4 is 49.0 Å². The summed E-state index contributed by atoms with van der Waals surface area (Å²) < 4.78 is 27.3. The maximum absolute atomic E-state index is 12.4. The van der Waals surface area contributed by atoms with Gasteiger partial charge >= 0.3 is 0 Å². The topological polar surface area (TPSA) is 78.8 Å². The highest BCUT2D eigenvalue weighted by Crippen LogP contribution is 2.27. The van der Waals surface area contributed by atoms with Crippen molar-refractivity contribution < 1.29 is 13.5 Å². The first-order valence-electron chi connectivity index (χ1n) is 8.44. The number of benzene rings is 3. The predicted octanol–water partition coefficient (Wildman–Crippen LogP) is 5.16. The van der Waals surface area contributed by atoms with Crippen LogP contribution in [-0.4, -0.2) is 19.7 Å². The molecule has 140 valence electrons. The van der Waals surface area contributed by atoms with Gasteiger partial charge in [0.15, 0.2) is 0 Å². The van der Waals surface area contributed by atoms with E-state index in [4.69, 9.17) is 0 Å². The normalized spacial score (nSPS) is 11.9. The zero-order valence-electron chi connectivity index (χ0n) is 14.6. The van der Waals surface area contributed by atoms with E-state index in [1.54, 1.807) is 41.9 Å². The molecular weight excluding hydrogens is 392 g/mol. The Morgan fingerprint density at radius 3 is 2.46 bits per heavy atom. The molecule has 0 spiro atoms. The van der Waals surface area contributed by atoms with Crippen LogP contribution in [0.4, 0.5) is 10.7 Å². The molecule has 1 heterocycles. The van der Waals surface area contributed by atoms with Gasteiger partial charge in [0.1, 0.15) is 10.8 Å². The largest absolute Gasteiger partial charge is 0.507 e. The Labute approximate surface area is 166 Å². The lowest BCUT2D eigenvalue weighted by Crippen LogP contribution is -2.11. The molecule has 0 radical (unpaired) electrons. The van der Waals surface area contributed by atoms with Crippen molar-refractivity contribution in [3.63, 3.8) is 0 Å². The van der Waals surface area contributed by atoms with E-state index in [9.17, 15) is 13.5 Å². The summed E-state index contributed by atoms with van der Waals surface area (Å²) in [6.45, 7) is 0. The molecule has 0 unspecified atom stereocenters. The number of nitrogens with zero attached hydrogens (tertiary/aromatic N) is 1. The molecule has 0 bridgehead atoms. The number of nitrogens with one attached hydrogen (secondary N) is 1. The molecule has 0 aliphatic carbocycles. The molecule has 0 saturated carbocycles. The lowest BCUT2D eigenvalue weighted by Gasteiger charge is -2.06. The summed E-state index contributed by atoms with van der Waals surface area (Å²) >= 11 is 1.32. The standard InChI is InChI=1S/C21H16N2O3S2/c24-20-12-7-15-4-1-2-5-18(15)19(20)14-22-16-8-10-17(11-9-16)28(25,26)23-21-6-3-13-27-21/h1-14,23-24H/b22-14+. The summed E-state index contributed by atoms with van der Waals surface area (Å²) in [6.07, 6.45) is 1.59. The molecule has 2 N–H and O–H groups in total.